The van der Waals surface area contributed by atoms with Gasteiger partial charge in [0.1, 0.15) is 0 Å². The van der Waals surface area contributed by atoms with E-state index in [9.17, 15) is 4.79 Å². The second kappa shape index (κ2) is 5.39. The molecule has 1 aromatic carbocycles. The Morgan fingerprint density at radius 3 is 2.67 bits per heavy atom. The first-order valence-electron chi connectivity index (χ1n) is 5.11. The summed E-state index contributed by atoms with van der Waals surface area (Å²) in [4.78, 5) is 11.4. The number of hydrogen-bond donors (Lipinski definition) is 1. The van der Waals surface area contributed by atoms with Gasteiger partial charge in [-0.1, -0.05) is 13.3 Å². The Morgan fingerprint density at radius 1 is 1.40 bits per heavy atom. The van der Waals surface area contributed by atoms with Crippen molar-refractivity contribution < 1.29 is 9.53 Å². The highest BCUT2D eigenvalue weighted by molar-refractivity contribution is 5.90. The van der Waals surface area contributed by atoms with Gasteiger partial charge in [-0.2, -0.15) is 0 Å². The van der Waals surface area contributed by atoms with E-state index in [1.807, 2.05) is 13.1 Å². The third kappa shape index (κ3) is 2.98. The number of hydrogen-bond acceptors (Lipinski definition) is 3. The predicted molar refractivity (Wildman–Crippen MR) is 61.3 cm³/mol. The van der Waals surface area contributed by atoms with Gasteiger partial charge in [-0.05, 0) is 30.2 Å². The molecule has 0 spiro atoms. The minimum atomic E-state index is -0.288. The Morgan fingerprint density at radius 2 is 2.13 bits per heavy atom. The molecule has 0 fully saturated rings. The Kier molecular flexibility index (Phi) is 4.16. The quantitative estimate of drug-likeness (QED) is 0.771. The van der Waals surface area contributed by atoms with Crippen LogP contribution in [0.2, 0.25) is 0 Å². The average molecular weight is 207 g/mol. The first kappa shape index (κ1) is 11.6. The van der Waals surface area contributed by atoms with Crippen molar-refractivity contribution in [3.05, 3.63) is 29.3 Å². The van der Waals surface area contributed by atoms with E-state index in [4.69, 9.17) is 4.74 Å². The van der Waals surface area contributed by atoms with Crippen molar-refractivity contribution in [1.82, 2.24) is 0 Å². The van der Waals surface area contributed by atoms with Gasteiger partial charge in [0.2, 0.25) is 0 Å². The van der Waals surface area contributed by atoms with Crippen molar-refractivity contribution in [2.45, 2.75) is 19.8 Å². The van der Waals surface area contributed by atoms with Gasteiger partial charge in [0.15, 0.2) is 0 Å². The van der Waals surface area contributed by atoms with Crippen LogP contribution in [0.4, 0.5) is 5.69 Å². The second-order valence-corrected chi connectivity index (χ2v) is 3.41. The number of rotatable bonds is 4. The van der Waals surface area contributed by atoms with Gasteiger partial charge in [-0.3, -0.25) is 0 Å². The lowest BCUT2D eigenvalue weighted by atomic mass is 10.1. The fourth-order valence-electron chi connectivity index (χ4n) is 1.51. The van der Waals surface area contributed by atoms with E-state index in [1.165, 1.54) is 7.11 Å². The average Bonchev–Trinajstić information content (AvgIpc) is 2.28. The molecule has 0 atom stereocenters. The molecule has 3 heteroatoms. The molecule has 0 saturated heterocycles. The number of nitrogens with one attached hydrogen (secondary N) is 1. The third-order valence-electron chi connectivity index (χ3n) is 2.24. The van der Waals surface area contributed by atoms with Crippen LogP contribution in [0.5, 0.6) is 0 Å². The van der Waals surface area contributed by atoms with Crippen molar-refractivity contribution in [3.8, 4) is 0 Å². The summed E-state index contributed by atoms with van der Waals surface area (Å²) in [6.45, 7) is 2.11. The van der Waals surface area contributed by atoms with E-state index in [0.717, 1.165) is 24.1 Å². The van der Waals surface area contributed by atoms with Gasteiger partial charge in [0, 0.05) is 12.7 Å². The molecule has 0 amide bonds. The lowest BCUT2D eigenvalue weighted by Crippen LogP contribution is -2.03. The van der Waals surface area contributed by atoms with Crippen LogP contribution in [0.15, 0.2) is 18.2 Å². The minimum Gasteiger partial charge on any atom is -0.465 e. The molecule has 0 radical (unpaired) electrons. The molecule has 0 saturated carbocycles. The molecule has 82 valence electrons. The molecule has 0 aliphatic carbocycles. The van der Waals surface area contributed by atoms with Gasteiger partial charge >= 0.3 is 5.97 Å². The smallest absolute Gasteiger partial charge is 0.337 e. The molecule has 1 rings (SSSR count). The van der Waals surface area contributed by atoms with E-state index in [-0.39, 0.29) is 5.97 Å². The summed E-state index contributed by atoms with van der Waals surface area (Å²) in [6, 6.07) is 5.73. The van der Waals surface area contributed by atoms with Gasteiger partial charge in [-0.15, -0.1) is 0 Å². The van der Waals surface area contributed by atoms with Gasteiger partial charge in [0.05, 0.1) is 12.7 Å². The molecule has 15 heavy (non-hydrogen) atoms. The van der Waals surface area contributed by atoms with Crippen molar-refractivity contribution in [3.63, 3.8) is 0 Å². The monoisotopic (exact) mass is 207 g/mol. The summed E-state index contributed by atoms with van der Waals surface area (Å²) in [5.41, 5.74) is 2.71. The molecule has 0 aliphatic heterocycles. The summed E-state index contributed by atoms with van der Waals surface area (Å²) in [5.74, 6) is -0.288. The van der Waals surface area contributed by atoms with E-state index in [1.54, 1.807) is 6.07 Å². The van der Waals surface area contributed by atoms with Crippen molar-refractivity contribution in [2.75, 3.05) is 19.5 Å². The van der Waals surface area contributed by atoms with Crippen molar-refractivity contribution in [2.24, 2.45) is 0 Å². The SMILES string of the molecule is CCCc1cc(NC)cc(C(=O)OC)c1. The highest BCUT2D eigenvalue weighted by Crippen LogP contribution is 2.16. The van der Waals surface area contributed by atoms with Crippen LogP contribution >= 0.6 is 0 Å². The molecule has 0 heterocycles. The molecule has 0 aromatic heterocycles. The van der Waals surface area contributed by atoms with Crippen LogP contribution in [0.1, 0.15) is 29.3 Å². The van der Waals surface area contributed by atoms with Crippen molar-refractivity contribution in [1.29, 1.82) is 0 Å². The lowest BCUT2D eigenvalue weighted by Gasteiger charge is -2.07. The normalized spacial score (nSPS) is 9.80. The molecular weight excluding hydrogens is 190 g/mol. The molecular formula is C12H17NO2. The molecule has 1 aromatic rings. The number of carbonyl (C=O) groups excluding carboxylic acids is 1. The van der Waals surface area contributed by atoms with Gasteiger partial charge in [0.25, 0.3) is 0 Å². The first-order chi connectivity index (χ1) is 7.21. The van der Waals surface area contributed by atoms with Crippen molar-refractivity contribution >= 4 is 11.7 Å². The van der Waals surface area contributed by atoms with E-state index in [2.05, 4.69) is 18.3 Å². The highest BCUT2D eigenvalue weighted by Gasteiger charge is 2.07. The fraction of sp³-hybridized carbons (Fsp3) is 0.417. The Bertz CT molecular complexity index is 347. The first-order valence-corrected chi connectivity index (χ1v) is 5.11. The van der Waals surface area contributed by atoms with Crippen LogP contribution in [0, 0.1) is 0 Å². The second-order valence-electron chi connectivity index (χ2n) is 3.41. The summed E-state index contributed by atoms with van der Waals surface area (Å²) >= 11 is 0. The minimum absolute atomic E-state index is 0.288. The Hall–Kier alpha value is -1.51. The van der Waals surface area contributed by atoms with E-state index in [0.29, 0.717) is 5.56 Å². The lowest BCUT2D eigenvalue weighted by molar-refractivity contribution is 0.0600. The van der Waals surface area contributed by atoms with E-state index < -0.39 is 0 Å². The summed E-state index contributed by atoms with van der Waals surface area (Å²) < 4.78 is 4.70. The molecule has 0 bridgehead atoms. The maximum atomic E-state index is 11.4. The topological polar surface area (TPSA) is 38.3 Å². The molecule has 0 aliphatic rings. The number of ether oxygens (including phenoxy) is 1. The predicted octanol–water partition coefficient (Wildman–Crippen LogP) is 2.47. The third-order valence-corrected chi connectivity index (χ3v) is 2.24. The number of esters is 1. The van der Waals surface area contributed by atoms with Crippen LogP contribution in [0.25, 0.3) is 0 Å². The number of carbonyl (C=O) groups is 1. The zero-order valence-electron chi connectivity index (χ0n) is 9.46. The highest BCUT2D eigenvalue weighted by atomic mass is 16.5. The van der Waals surface area contributed by atoms with Crippen LogP contribution in [0.3, 0.4) is 0 Å². The molecule has 3 nitrogen and oxygen atoms in total. The number of anilines is 1. The largest absolute Gasteiger partial charge is 0.465 e. The number of aryl methyl sites for hydroxylation is 1. The maximum Gasteiger partial charge on any atom is 0.337 e. The fourth-order valence-corrected chi connectivity index (χ4v) is 1.51. The van der Waals surface area contributed by atoms with Gasteiger partial charge < -0.3 is 10.1 Å². The summed E-state index contributed by atoms with van der Waals surface area (Å²) in [7, 11) is 3.24. The summed E-state index contributed by atoms with van der Waals surface area (Å²) in [5, 5.41) is 3.04. The molecule has 1 N–H and O–H groups in total. The zero-order valence-corrected chi connectivity index (χ0v) is 9.46. The maximum absolute atomic E-state index is 11.4. The molecule has 0 unspecified atom stereocenters. The Labute approximate surface area is 90.4 Å². The number of benzene rings is 1. The van der Waals surface area contributed by atoms with Gasteiger partial charge in [-0.25, -0.2) is 4.79 Å². The number of methoxy groups -OCH3 is 1. The van der Waals surface area contributed by atoms with E-state index >= 15 is 0 Å². The summed E-state index contributed by atoms with van der Waals surface area (Å²) in [6.07, 6.45) is 2.04. The standard InChI is InChI=1S/C12H17NO2/c1-4-5-9-6-10(12(14)15-3)8-11(7-9)13-2/h6-8,13H,4-5H2,1-3H3. The van der Waals surface area contributed by atoms with Crippen LogP contribution < -0.4 is 5.32 Å². The Balaban J connectivity index is 3.05. The zero-order chi connectivity index (χ0) is 11.3. The van der Waals surface area contributed by atoms with Crippen LogP contribution in [-0.2, 0) is 11.2 Å². The van der Waals surface area contributed by atoms with Crippen LogP contribution in [-0.4, -0.2) is 20.1 Å².